The lowest BCUT2D eigenvalue weighted by atomic mass is 10.1. The van der Waals surface area contributed by atoms with Gasteiger partial charge in [-0.1, -0.05) is 12.1 Å². The fourth-order valence-electron chi connectivity index (χ4n) is 2.13. The summed E-state index contributed by atoms with van der Waals surface area (Å²) in [5, 5.41) is 9.08. The molecule has 0 fully saturated rings. The number of aryl methyl sites for hydroxylation is 1. The molecule has 1 atom stereocenters. The van der Waals surface area contributed by atoms with Gasteiger partial charge in [-0.2, -0.15) is 0 Å². The molecule has 3 aromatic rings. The smallest absolute Gasteiger partial charge is 0.0898 e. The number of anilines is 1. The highest BCUT2D eigenvalue weighted by Gasteiger charge is 2.10. The molecule has 1 N–H and O–H groups in total. The van der Waals surface area contributed by atoms with E-state index >= 15 is 0 Å². The molecule has 0 amide bonds. The minimum atomic E-state index is 0.198. The Balaban J connectivity index is 1.93. The maximum Gasteiger partial charge on any atom is 0.0898 e. The van der Waals surface area contributed by atoms with Crippen LogP contribution in [0.3, 0.4) is 0 Å². The zero-order valence-electron chi connectivity index (χ0n) is 10.9. The maximum atomic E-state index is 4.53. The summed E-state index contributed by atoms with van der Waals surface area (Å²) in [4.78, 5) is 8.69. The van der Waals surface area contributed by atoms with Crippen LogP contribution in [0, 0.1) is 6.92 Å². The van der Waals surface area contributed by atoms with Crippen LogP contribution in [0.15, 0.2) is 42.0 Å². The third-order valence-electron chi connectivity index (χ3n) is 3.13. The second-order valence-electron chi connectivity index (χ2n) is 4.56. The van der Waals surface area contributed by atoms with Gasteiger partial charge >= 0.3 is 0 Å². The van der Waals surface area contributed by atoms with Crippen molar-refractivity contribution >= 4 is 27.8 Å². The predicted molar refractivity (Wildman–Crippen MR) is 80.6 cm³/mol. The molecule has 2 aromatic heterocycles. The van der Waals surface area contributed by atoms with Crippen LogP contribution in [0.5, 0.6) is 0 Å². The summed E-state index contributed by atoms with van der Waals surface area (Å²) in [7, 11) is 0. The second kappa shape index (κ2) is 4.97. The van der Waals surface area contributed by atoms with Gasteiger partial charge < -0.3 is 5.32 Å². The van der Waals surface area contributed by atoms with Crippen molar-refractivity contribution in [3.63, 3.8) is 0 Å². The van der Waals surface area contributed by atoms with Gasteiger partial charge in [0.1, 0.15) is 0 Å². The molecule has 0 spiro atoms. The van der Waals surface area contributed by atoms with E-state index in [9.17, 15) is 0 Å². The Morgan fingerprint density at radius 1 is 1.26 bits per heavy atom. The van der Waals surface area contributed by atoms with Crippen LogP contribution >= 0.6 is 11.3 Å². The first-order valence-corrected chi connectivity index (χ1v) is 7.13. The van der Waals surface area contributed by atoms with E-state index in [0.29, 0.717) is 0 Å². The zero-order valence-corrected chi connectivity index (χ0v) is 11.7. The maximum absolute atomic E-state index is 4.53. The lowest BCUT2D eigenvalue weighted by Crippen LogP contribution is -2.07. The molecular weight excluding hydrogens is 254 g/mol. The fourth-order valence-corrected chi connectivity index (χ4v) is 2.84. The number of hydrogen-bond acceptors (Lipinski definition) is 4. The fraction of sp³-hybridized carbons (Fsp3) is 0.200. The van der Waals surface area contributed by atoms with Gasteiger partial charge in [0.25, 0.3) is 0 Å². The normalized spacial score (nSPS) is 12.5. The summed E-state index contributed by atoms with van der Waals surface area (Å²) < 4.78 is 0. The number of aromatic nitrogens is 2. The third kappa shape index (κ3) is 2.44. The van der Waals surface area contributed by atoms with Gasteiger partial charge in [-0.15, -0.1) is 11.3 Å². The first kappa shape index (κ1) is 12.1. The largest absolute Gasteiger partial charge is 0.376 e. The van der Waals surface area contributed by atoms with Crippen LogP contribution in [-0.4, -0.2) is 9.97 Å². The summed E-state index contributed by atoms with van der Waals surface area (Å²) >= 11 is 1.69. The summed E-state index contributed by atoms with van der Waals surface area (Å²) in [6.45, 7) is 4.17. The molecule has 19 heavy (non-hydrogen) atoms. The highest BCUT2D eigenvalue weighted by Crippen LogP contribution is 2.26. The molecule has 1 unspecified atom stereocenters. The van der Waals surface area contributed by atoms with Crippen molar-refractivity contribution < 1.29 is 0 Å². The first-order chi connectivity index (χ1) is 9.24. The van der Waals surface area contributed by atoms with Crippen molar-refractivity contribution in [3.05, 3.63) is 52.7 Å². The molecule has 1 aromatic carbocycles. The molecule has 4 heteroatoms. The minimum Gasteiger partial charge on any atom is -0.376 e. The molecule has 3 rings (SSSR count). The molecule has 2 heterocycles. The monoisotopic (exact) mass is 269 g/mol. The topological polar surface area (TPSA) is 37.8 Å². The van der Waals surface area contributed by atoms with Gasteiger partial charge in [0, 0.05) is 34.2 Å². The third-order valence-corrected chi connectivity index (χ3v) is 3.92. The van der Waals surface area contributed by atoms with E-state index in [4.69, 9.17) is 0 Å². The van der Waals surface area contributed by atoms with Gasteiger partial charge in [-0.3, -0.25) is 4.98 Å². The second-order valence-corrected chi connectivity index (χ2v) is 5.62. The standard InChI is InChI=1S/C15H15N3S/c1-10(15-9-19-11(2)18-15)17-14-5-3-4-12-8-16-7-6-13(12)14/h3-10,17H,1-2H3. The van der Waals surface area contributed by atoms with Crippen molar-refractivity contribution in [1.29, 1.82) is 0 Å². The highest BCUT2D eigenvalue weighted by molar-refractivity contribution is 7.09. The van der Waals surface area contributed by atoms with E-state index in [0.717, 1.165) is 21.8 Å². The molecule has 0 saturated heterocycles. The molecule has 0 saturated carbocycles. The number of nitrogens with one attached hydrogen (secondary N) is 1. The van der Waals surface area contributed by atoms with E-state index in [2.05, 4.69) is 39.7 Å². The van der Waals surface area contributed by atoms with Gasteiger partial charge in [0.2, 0.25) is 0 Å². The number of hydrogen-bond donors (Lipinski definition) is 1. The number of pyridine rings is 1. The van der Waals surface area contributed by atoms with Crippen LogP contribution < -0.4 is 5.32 Å². The van der Waals surface area contributed by atoms with E-state index < -0.39 is 0 Å². The predicted octanol–water partition coefficient (Wildman–Crippen LogP) is 4.17. The average molecular weight is 269 g/mol. The summed E-state index contributed by atoms with van der Waals surface area (Å²) in [5.41, 5.74) is 2.21. The number of nitrogens with zero attached hydrogens (tertiary/aromatic N) is 2. The van der Waals surface area contributed by atoms with Crippen molar-refractivity contribution in [2.24, 2.45) is 0 Å². The molecule has 0 aliphatic heterocycles. The Hall–Kier alpha value is -1.94. The average Bonchev–Trinajstić information content (AvgIpc) is 2.86. The first-order valence-electron chi connectivity index (χ1n) is 6.25. The summed E-state index contributed by atoms with van der Waals surface area (Å²) in [6, 6.07) is 8.45. The molecule has 0 aliphatic carbocycles. The molecule has 0 aliphatic rings. The van der Waals surface area contributed by atoms with Gasteiger partial charge in [0.15, 0.2) is 0 Å². The van der Waals surface area contributed by atoms with Crippen LogP contribution in [0.25, 0.3) is 10.8 Å². The number of thiazole rings is 1. The molecule has 0 radical (unpaired) electrons. The zero-order chi connectivity index (χ0) is 13.2. The Labute approximate surface area is 116 Å². The Morgan fingerprint density at radius 2 is 2.16 bits per heavy atom. The Kier molecular flexibility index (Phi) is 3.17. The van der Waals surface area contributed by atoms with Crippen LogP contribution in [0.4, 0.5) is 5.69 Å². The van der Waals surface area contributed by atoms with Crippen molar-refractivity contribution in [2.75, 3.05) is 5.32 Å². The molecule has 96 valence electrons. The Bertz CT molecular complexity index is 700. The van der Waals surface area contributed by atoms with E-state index in [-0.39, 0.29) is 6.04 Å². The van der Waals surface area contributed by atoms with Crippen molar-refractivity contribution in [2.45, 2.75) is 19.9 Å². The number of fused-ring (bicyclic) bond motifs is 1. The van der Waals surface area contributed by atoms with Gasteiger partial charge in [-0.05, 0) is 26.0 Å². The van der Waals surface area contributed by atoms with Crippen molar-refractivity contribution in [1.82, 2.24) is 9.97 Å². The van der Waals surface area contributed by atoms with Crippen LogP contribution in [-0.2, 0) is 0 Å². The minimum absolute atomic E-state index is 0.198. The van der Waals surface area contributed by atoms with E-state index in [1.54, 1.807) is 11.3 Å². The lowest BCUT2D eigenvalue weighted by molar-refractivity contribution is 0.847. The molecule has 0 bridgehead atoms. The van der Waals surface area contributed by atoms with E-state index in [1.165, 1.54) is 5.39 Å². The quantitative estimate of drug-likeness (QED) is 0.775. The number of benzene rings is 1. The molecule has 3 nitrogen and oxygen atoms in total. The summed E-state index contributed by atoms with van der Waals surface area (Å²) in [6.07, 6.45) is 3.71. The van der Waals surface area contributed by atoms with Gasteiger partial charge in [0.05, 0.1) is 16.7 Å². The van der Waals surface area contributed by atoms with Crippen LogP contribution in [0.1, 0.15) is 23.7 Å². The van der Waals surface area contributed by atoms with Gasteiger partial charge in [-0.25, -0.2) is 4.98 Å². The Morgan fingerprint density at radius 3 is 2.95 bits per heavy atom. The summed E-state index contributed by atoms with van der Waals surface area (Å²) in [5.74, 6) is 0. The van der Waals surface area contributed by atoms with E-state index in [1.807, 2.05) is 31.5 Å². The lowest BCUT2D eigenvalue weighted by Gasteiger charge is -2.15. The highest BCUT2D eigenvalue weighted by atomic mass is 32.1. The SMILES string of the molecule is Cc1nc(C(C)Nc2cccc3cnccc23)cs1. The molecular formula is C15H15N3S. The van der Waals surface area contributed by atoms with Crippen LogP contribution in [0.2, 0.25) is 0 Å². The van der Waals surface area contributed by atoms with Crippen molar-refractivity contribution in [3.8, 4) is 0 Å². The number of rotatable bonds is 3.